The third-order valence-electron chi connectivity index (χ3n) is 5.15. The summed E-state index contributed by atoms with van der Waals surface area (Å²) in [5.74, 6) is 0.763. The zero-order valence-electron chi connectivity index (χ0n) is 17.2. The lowest BCUT2D eigenvalue weighted by Crippen LogP contribution is -2.28. The summed E-state index contributed by atoms with van der Waals surface area (Å²) in [5.41, 5.74) is 2.34. The molecule has 4 rings (SSSR count). The van der Waals surface area contributed by atoms with E-state index in [9.17, 15) is 9.59 Å². The lowest BCUT2D eigenvalue weighted by Gasteiger charge is -2.17. The molecule has 1 unspecified atom stereocenters. The lowest BCUT2D eigenvalue weighted by atomic mass is 10.1. The van der Waals surface area contributed by atoms with Crippen molar-refractivity contribution in [1.82, 2.24) is 0 Å². The summed E-state index contributed by atoms with van der Waals surface area (Å²) in [5, 5.41) is 2.93. The van der Waals surface area contributed by atoms with Gasteiger partial charge in [-0.05, 0) is 42.0 Å². The highest BCUT2D eigenvalue weighted by Gasteiger charge is 2.35. The largest absolute Gasteiger partial charge is 0.497 e. The summed E-state index contributed by atoms with van der Waals surface area (Å²) in [6.45, 7) is 1.12. The van der Waals surface area contributed by atoms with E-state index in [-0.39, 0.29) is 18.2 Å². The van der Waals surface area contributed by atoms with Crippen LogP contribution in [0.25, 0.3) is 0 Å². The smallest absolute Gasteiger partial charge is 0.229 e. The zero-order chi connectivity index (χ0) is 21.6. The molecule has 1 atom stereocenters. The molecule has 2 heterocycles. The van der Waals surface area contributed by atoms with Crippen LogP contribution in [0.5, 0.6) is 5.75 Å². The van der Waals surface area contributed by atoms with E-state index in [1.54, 1.807) is 24.3 Å². The first-order chi connectivity index (χ1) is 15.1. The Morgan fingerprint density at radius 3 is 2.81 bits per heavy atom. The van der Waals surface area contributed by atoms with Gasteiger partial charge in [0, 0.05) is 30.4 Å². The van der Waals surface area contributed by atoms with Crippen molar-refractivity contribution >= 4 is 23.2 Å². The molecule has 7 nitrogen and oxygen atoms in total. The van der Waals surface area contributed by atoms with Gasteiger partial charge in [0.25, 0.3) is 0 Å². The van der Waals surface area contributed by atoms with E-state index in [1.807, 2.05) is 54.6 Å². The van der Waals surface area contributed by atoms with E-state index < -0.39 is 5.92 Å². The van der Waals surface area contributed by atoms with Gasteiger partial charge < -0.3 is 24.1 Å². The van der Waals surface area contributed by atoms with Crippen LogP contribution in [0, 0.1) is 5.92 Å². The van der Waals surface area contributed by atoms with Gasteiger partial charge >= 0.3 is 0 Å². The van der Waals surface area contributed by atoms with Gasteiger partial charge in [0.1, 0.15) is 18.1 Å². The molecule has 1 aliphatic heterocycles. The molecular weight excluding hydrogens is 396 g/mol. The molecule has 1 fully saturated rings. The highest BCUT2D eigenvalue weighted by Crippen LogP contribution is 2.28. The van der Waals surface area contributed by atoms with Crippen molar-refractivity contribution in [2.75, 3.05) is 23.9 Å². The SMILES string of the molecule is COc1cccc(N2CC(C(=O)Nc3cccc(COCc4ccco4)c3)CC2=O)c1. The maximum Gasteiger partial charge on any atom is 0.229 e. The number of amides is 2. The zero-order valence-corrected chi connectivity index (χ0v) is 17.2. The fourth-order valence-electron chi connectivity index (χ4n) is 3.56. The van der Waals surface area contributed by atoms with Crippen molar-refractivity contribution in [3.63, 3.8) is 0 Å². The second-order valence-corrected chi connectivity index (χ2v) is 7.37. The van der Waals surface area contributed by atoms with Crippen LogP contribution in [0.1, 0.15) is 17.7 Å². The van der Waals surface area contributed by atoms with Crippen molar-refractivity contribution < 1.29 is 23.5 Å². The Hall–Kier alpha value is -3.58. The molecule has 0 saturated carbocycles. The number of hydrogen-bond donors (Lipinski definition) is 1. The van der Waals surface area contributed by atoms with Crippen LogP contribution >= 0.6 is 0 Å². The maximum atomic E-state index is 12.8. The van der Waals surface area contributed by atoms with Crippen LogP contribution in [-0.2, 0) is 27.5 Å². The van der Waals surface area contributed by atoms with Gasteiger partial charge in [-0.25, -0.2) is 0 Å². The molecule has 0 bridgehead atoms. The molecule has 1 aliphatic rings. The summed E-state index contributed by atoms with van der Waals surface area (Å²) in [4.78, 5) is 26.9. The van der Waals surface area contributed by atoms with Gasteiger partial charge in [-0.2, -0.15) is 0 Å². The number of ether oxygens (including phenoxy) is 2. The van der Waals surface area contributed by atoms with E-state index in [4.69, 9.17) is 13.9 Å². The Labute approximate surface area is 180 Å². The molecular formula is C24H24N2O5. The quantitative estimate of drug-likeness (QED) is 0.596. The molecule has 2 amide bonds. The number of benzene rings is 2. The van der Waals surface area contributed by atoms with Crippen LogP contribution in [0.15, 0.2) is 71.3 Å². The molecule has 0 spiro atoms. The third kappa shape index (κ3) is 5.13. The fraction of sp³-hybridized carbons (Fsp3) is 0.250. The first kappa shape index (κ1) is 20.7. The van der Waals surface area contributed by atoms with Crippen LogP contribution in [0.3, 0.4) is 0 Å². The molecule has 31 heavy (non-hydrogen) atoms. The van der Waals surface area contributed by atoms with E-state index >= 15 is 0 Å². The molecule has 1 N–H and O–H groups in total. The Kier molecular flexibility index (Phi) is 6.33. The van der Waals surface area contributed by atoms with Gasteiger partial charge in [-0.15, -0.1) is 0 Å². The molecule has 3 aromatic rings. The predicted octanol–water partition coefficient (Wildman–Crippen LogP) is 4.00. The minimum atomic E-state index is -0.419. The van der Waals surface area contributed by atoms with E-state index in [1.165, 1.54) is 0 Å². The predicted molar refractivity (Wildman–Crippen MR) is 116 cm³/mol. The maximum absolute atomic E-state index is 12.8. The Morgan fingerprint density at radius 2 is 2.00 bits per heavy atom. The van der Waals surface area contributed by atoms with Crippen molar-refractivity contribution in [2.45, 2.75) is 19.6 Å². The number of methoxy groups -OCH3 is 1. The number of nitrogens with one attached hydrogen (secondary N) is 1. The van der Waals surface area contributed by atoms with Crippen molar-refractivity contribution in [3.8, 4) is 5.75 Å². The molecule has 0 radical (unpaired) electrons. The normalized spacial score (nSPS) is 15.8. The highest BCUT2D eigenvalue weighted by atomic mass is 16.5. The Morgan fingerprint density at radius 1 is 1.13 bits per heavy atom. The number of anilines is 2. The van der Waals surface area contributed by atoms with Gasteiger partial charge in [-0.3, -0.25) is 9.59 Å². The molecule has 0 aliphatic carbocycles. The monoisotopic (exact) mass is 420 g/mol. The second-order valence-electron chi connectivity index (χ2n) is 7.37. The average Bonchev–Trinajstić information content (AvgIpc) is 3.44. The molecule has 7 heteroatoms. The molecule has 1 aromatic heterocycles. The summed E-state index contributed by atoms with van der Waals surface area (Å²) >= 11 is 0. The minimum absolute atomic E-state index is 0.0755. The van der Waals surface area contributed by atoms with E-state index in [0.717, 1.165) is 17.0 Å². The van der Waals surface area contributed by atoms with Crippen LogP contribution in [0.4, 0.5) is 11.4 Å². The average molecular weight is 420 g/mol. The van der Waals surface area contributed by atoms with Gasteiger partial charge in [0.05, 0.1) is 25.9 Å². The first-order valence-electron chi connectivity index (χ1n) is 10.1. The lowest BCUT2D eigenvalue weighted by molar-refractivity contribution is -0.122. The summed E-state index contributed by atoms with van der Waals surface area (Å²) in [6.07, 6.45) is 1.78. The number of carbonyl (C=O) groups excluding carboxylic acids is 2. The fourth-order valence-corrected chi connectivity index (χ4v) is 3.56. The standard InChI is InChI=1S/C24H24N2O5/c1-29-21-8-3-7-20(13-21)26-14-18(12-23(26)27)24(28)25-19-6-2-5-17(11-19)15-30-16-22-9-4-10-31-22/h2-11,13,18H,12,14-16H2,1H3,(H,25,28). The minimum Gasteiger partial charge on any atom is -0.497 e. The topological polar surface area (TPSA) is 81.0 Å². The number of hydrogen-bond acceptors (Lipinski definition) is 5. The Bertz CT molecular complexity index is 1050. The summed E-state index contributed by atoms with van der Waals surface area (Å²) in [6, 6.07) is 18.4. The van der Waals surface area contributed by atoms with Crippen LogP contribution in [0.2, 0.25) is 0 Å². The third-order valence-corrected chi connectivity index (χ3v) is 5.15. The molecule has 2 aromatic carbocycles. The molecule has 160 valence electrons. The number of nitrogens with zero attached hydrogens (tertiary/aromatic N) is 1. The van der Waals surface area contributed by atoms with E-state index in [0.29, 0.717) is 31.2 Å². The first-order valence-corrected chi connectivity index (χ1v) is 10.1. The van der Waals surface area contributed by atoms with Crippen molar-refractivity contribution in [3.05, 3.63) is 78.3 Å². The summed E-state index contributed by atoms with van der Waals surface area (Å²) in [7, 11) is 1.58. The Balaban J connectivity index is 1.34. The van der Waals surface area contributed by atoms with Crippen LogP contribution in [-0.4, -0.2) is 25.5 Å². The molecule has 1 saturated heterocycles. The summed E-state index contributed by atoms with van der Waals surface area (Å²) < 4.78 is 16.1. The number of rotatable bonds is 8. The number of furan rings is 1. The highest BCUT2D eigenvalue weighted by molar-refractivity contribution is 6.03. The van der Waals surface area contributed by atoms with Crippen molar-refractivity contribution in [1.29, 1.82) is 0 Å². The van der Waals surface area contributed by atoms with E-state index in [2.05, 4.69) is 5.32 Å². The van der Waals surface area contributed by atoms with Crippen LogP contribution < -0.4 is 15.0 Å². The number of carbonyl (C=O) groups is 2. The van der Waals surface area contributed by atoms with Gasteiger partial charge in [0.2, 0.25) is 11.8 Å². The van der Waals surface area contributed by atoms with Gasteiger partial charge in [-0.1, -0.05) is 18.2 Å². The van der Waals surface area contributed by atoms with Gasteiger partial charge in [0.15, 0.2) is 0 Å². The second kappa shape index (κ2) is 9.49. The van der Waals surface area contributed by atoms with Crippen molar-refractivity contribution in [2.24, 2.45) is 5.92 Å².